The average Bonchev–Trinajstić information content (AvgIpc) is 2.67. The van der Waals surface area contributed by atoms with E-state index in [9.17, 15) is 4.79 Å². The molecule has 0 aromatic carbocycles. The van der Waals surface area contributed by atoms with Crippen molar-refractivity contribution in [1.29, 1.82) is 0 Å². The number of Topliss-reactive ketones (excluding diaryl/α,β-unsaturated/α-hetero) is 1. The molecule has 1 aliphatic rings. The molecule has 1 saturated carbocycles. The van der Waals surface area contributed by atoms with Gasteiger partial charge in [0.2, 0.25) is 0 Å². The highest BCUT2D eigenvalue weighted by atomic mass is 16.1. The third-order valence-electron chi connectivity index (χ3n) is 5.10. The lowest BCUT2D eigenvalue weighted by molar-refractivity contribution is 0.0850. The second-order valence-corrected chi connectivity index (χ2v) is 6.51. The van der Waals surface area contributed by atoms with Gasteiger partial charge in [-0.05, 0) is 45.7 Å². The maximum absolute atomic E-state index is 12.5. The van der Waals surface area contributed by atoms with Gasteiger partial charge in [0, 0.05) is 30.0 Å². The Morgan fingerprint density at radius 3 is 2.55 bits per heavy atom. The number of carbonyl (C=O) groups excluding carboxylic acids is 1. The summed E-state index contributed by atoms with van der Waals surface area (Å²) in [7, 11) is 4.13. The zero-order valence-corrected chi connectivity index (χ0v) is 13.6. The van der Waals surface area contributed by atoms with Crippen molar-refractivity contribution in [1.82, 2.24) is 9.47 Å². The first kappa shape index (κ1) is 15.3. The lowest BCUT2D eigenvalue weighted by Crippen LogP contribution is -2.41. The largest absolute Gasteiger partial charge is 0.351 e. The molecule has 1 fully saturated rings. The standard InChI is InChI=1S/C17H28N2O/c1-12-8-6-7-9-16(12)18(4)11-17(20)15-10-13(2)19(5)14(15)3/h10,12,16H,6-9,11H2,1-5H3. The molecule has 1 heterocycles. The molecule has 0 aliphatic heterocycles. The molecule has 3 heteroatoms. The fourth-order valence-electron chi connectivity index (χ4n) is 3.52. The zero-order valence-electron chi connectivity index (χ0n) is 13.6. The van der Waals surface area contributed by atoms with E-state index >= 15 is 0 Å². The first-order valence-electron chi connectivity index (χ1n) is 7.78. The second kappa shape index (κ2) is 6.13. The van der Waals surface area contributed by atoms with Gasteiger partial charge in [0.05, 0.1) is 6.54 Å². The van der Waals surface area contributed by atoms with E-state index in [2.05, 4.69) is 30.4 Å². The maximum atomic E-state index is 12.5. The number of hydrogen-bond acceptors (Lipinski definition) is 2. The molecule has 0 N–H and O–H groups in total. The monoisotopic (exact) mass is 276 g/mol. The van der Waals surface area contributed by atoms with E-state index < -0.39 is 0 Å². The molecule has 2 atom stereocenters. The molecular formula is C17H28N2O. The van der Waals surface area contributed by atoms with Crippen molar-refractivity contribution in [2.24, 2.45) is 13.0 Å². The third kappa shape index (κ3) is 2.98. The van der Waals surface area contributed by atoms with Crippen LogP contribution in [0.2, 0.25) is 0 Å². The summed E-state index contributed by atoms with van der Waals surface area (Å²) < 4.78 is 2.09. The van der Waals surface area contributed by atoms with Gasteiger partial charge >= 0.3 is 0 Å². The summed E-state index contributed by atoms with van der Waals surface area (Å²) >= 11 is 0. The zero-order chi connectivity index (χ0) is 14.9. The van der Waals surface area contributed by atoms with Crippen molar-refractivity contribution in [3.63, 3.8) is 0 Å². The first-order valence-corrected chi connectivity index (χ1v) is 7.78. The van der Waals surface area contributed by atoms with Crippen LogP contribution in [-0.2, 0) is 7.05 Å². The molecule has 3 nitrogen and oxygen atoms in total. The molecule has 0 bridgehead atoms. The molecule has 0 amide bonds. The van der Waals surface area contributed by atoms with E-state index in [1.807, 2.05) is 20.0 Å². The van der Waals surface area contributed by atoms with Crippen molar-refractivity contribution in [3.8, 4) is 0 Å². The van der Waals surface area contributed by atoms with Crippen molar-refractivity contribution in [2.75, 3.05) is 13.6 Å². The van der Waals surface area contributed by atoms with Crippen LogP contribution in [0.1, 0.15) is 54.4 Å². The Hall–Kier alpha value is -1.09. The minimum atomic E-state index is 0.256. The van der Waals surface area contributed by atoms with Crippen LogP contribution in [0.3, 0.4) is 0 Å². The predicted octanol–water partition coefficient (Wildman–Crippen LogP) is 3.34. The maximum Gasteiger partial charge on any atom is 0.178 e. The van der Waals surface area contributed by atoms with Crippen molar-refractivity contribution in [2.45, 2.75) is 52.5 Å². The van der Waals surface area contributed by atoms with Crippen molar-refractivity contribution < 1.29 is 4.79 Å². The molecule has 0 saturated heterocycles. The number of likely N-dealkylation sites (N-methyl/N-ethyl adjacent to an activating group) is 1. The highest BCUT2D eigenvalue weighted by molar-refractivity contribution is 5.99. The summed E-state index contributed by atoms with van der Waals surface area (Å²) in [6.45, 7) is 6.95. The Morgan fingerprint density at radius 1 is 1.35 bits per heavy atom. The number of ketones is 1. The molecule has 1 aliphatic carbocycles. The van der Waals surface area contributed by atoms with Gasteiger partial charge in [0.1, 0.15) is 0 Å². The molecule has 20 heavy (non-hydrogen) atoms. The Bertz CT molecular complexity index is 489. The van der Waals surface area contributed by atoms with E-state index in [0.29, 0.717) is 18.5 Å². The van der Waals surface area contributed by atoms with Crippen LogP contribution in [0.5, 0.6) is 0 Å². The number of rotatable bonds is 4. The lowest BCUT2D eigenvalue weighted by atomic mass is 9.85. The van der Waals surface area contributed by atoms with Crippen molar-refractivity contribution in [3.05, 3.63) is 23.0 Å². The summed E-state index contributed by atoms with van der Waals surface area (Å²) in [4.78, 5) is 14.8. The van der Waals surface area contributed by atoms with E-state index in [-0.39, 0.29) is 5.78 Å². The van der Waals surface area contributed by atoms with Gasteiger partial charge in [-0.15, -0.1) is 0 Å². The van der Waals surface area contributed by atoms with Gasteiger partial charge in [0.15, 0.2) is 5.78 Å². The second-order valence-electron chi connectivity index (χ2n) is 6.51. The predicted molar refractivity (Wildman–Crippen MR) is 83.3 cm³/mol. The fourth-order valence-corrected chi connectivity index (χ4v) is 3.52. The van der Waals surface area contributed by atoms with Crippen LogP contribution in [0, 0.1) is 19.8 Å². The first-order chi connectivity index (χ1) is 9.41. The Labute approximate surface area is 123 Å². The Kier molecular flexibility index (Phi) is 4.69. The molecule has 2 rings (SSSR count). The minimum Gasteiger partial charge on any atom is -0.351 e. The van der Waals surface area contributed by atoms with Crippen LogP contribution < -0.4 is 0 Å². The highest BCUT2D eigenvalue weighted by Gasteiger charge is 2.26. The molecule has 2 unspecified atom stereocenters. The topological polar surface area (TPSA) is 25.2 Å². The van der Waals surface area contributed by atoms with Gasteiger partial charge in [-0.25, -0.2) is 0 Å². The fraction of sp³-hybridized carbons (Fsp3) is 0.706. The summed E-state index contributed by atoms with van der Waals surface area (Å²) in [5.74, 6) is 0.964. The number of carbonyl (C=O) groups is 1. The van der Waals surface area contributed by atoms with Crippen LogP contribution in [0.4, 0.5) is 0 Å². The number of hydrogen-bond donors (Lipinski definition) is 0. The lowest BCUT2D eigenvalue weighted by Gasteiger charge is -2.35. The van der Waals surface area contributed by atoms with E-state index in [1.54, 1.807) is 0 Å². The van der Waals surface area contributed by atoms with Gasteiger partial charge < -0.3 is 4.57 Å². The molecule has 112 valence electrons. The van der Waals surface area contributed by atoms with Gasteiger partial charge in [-0.1, -0.05) is 19.8 Å². The van der Waals surface area contributed by atoms with Crippen molar-refractivity contribution >= 4 is 5.78 Å². The molecule has 0 spiro atoms. The minimum absolute atomic E-state index is 0.256. The van der Waals surface area contributed by atoms with E-state index in [1.165, 1.54) is 25.7 Å². The molecular weight excluding hydrogens is 248 g/mol. The van der Waals surface area contributed by atoms with Crippen LogP contribution >= 0.6 is 0 Å². The number of aryl methyl sites for hydroxylation is 1. The van der Waals surface area contributed by atoms with Gasteiger partial charge in [0.25, 0.3) is 0 Å². The third-order valence-corrected chi connectivity index (χ3v) is 5.10. The van der Waals surface area contributed by atoms with Crippen LogP contribution in [-0.4, -0.2) is 34.9 Å². The smallest absolute Gasteiger partial charge is 0.178 e. The summed E-state index contributed by atoms with van der Waals surface area (Å²) in [6.07, 6.45) is 5.18. The van der Waals surface area contributed by atoms with Crippen LogP contribution in [0.25, 0.3) is 0 Å². The Balaban J connectivity index is 2.05. The Morgan fingerprint density at radius 2 is 2.00 bits per heavy atom. The summed E-state index contributed by atoms with van der Waals surface area (Å²) in [6, 6.07) is 2.59. The normalized spacial score (nSPS) is 23.3. The average molecular weight is 276 g/mol. The quantitative estimate of drug-likeness (QED) is 0.788. The van der Waals surface area contributed by atoms with E-state index in [0.717, 1.165) is 17.0 Å². The van der Waals surface area contributed by atoms with E-state index in [4.69, 9.17) is 0 Å². The molecule has 1 aromatic heterocycles. The SMILES string of the molecule is Cc1cc(C(=O)CN(C)C2CCCCC2C)c(C)n1C. The number of nitrogens with zero attached hydrogens (tertiary/aromatic N) is 2. The van der Waals surface area contributed by atoms with Gasteiger partial charge in [-0.3, -0.25) is 9.69 Å². The summed E-state index contributed by atoms with van der Waals surface area (Å²) in [5.41, 5.74) is 3.12. The summed E-state index contributed by atoms with van der Waals surface area (Å²) in [5, 5.41) is 0. The molecule has 1 aromatic rings. The highest BCUT2D eigenvalue weighted by Crippen LogP contribution is 2.27. The van der Waals surface area contributed by atoms with Crippen LogP contribution in [0.15, 0.2) is 6.07 Å². The molecule has 0 radical (unpaired) electrons. The number of aromatic nitrogens is 1. The van der Waals surface area contributed by atoms with Gasteiger partial charge in [-0.2, -0.15) is 0 Å².